The monoisotopic (exact) mass is 235 g/mol. The minimum absolute atomic E-state index is 0.288. The first-order chi connectivity index (χ1) is 7.72. The van der Waals surface area contributed by atoms with Crippen LogP contribution < -0.4 is 16.4 Å². The van der Waals surface area contributed by atoms with Crippen molar-refractivity contribution in [2.24, 2.45) is 5.73 Å². The number of hydrogen-bond acceptors (Lipinski definition) is 2. The van der Waals surface area contributed by atoms with Crippen LogP contribution in [0.4, 0.5) is 5.69 Å². The van der Waals surface area contributed by atoms with Crippen molar-refractivity contribution in [3.8, 4) is 0 Å². The van der Waals surface area contributed by atoms with Crippen molar-refractivity contribution in [3.63, 3.8) is 0 Å². The van der Waals surface area contributed by atoms with E-state index in [0.29, 0.717) is 0 Å². The molecule has 0 saturated heterocycles. The lowest BCUT2D eigenvalue weighted by molar-refractivity contribution is 0.809. The van der Waals surface area contributed by atoms with Crippen LogP contribution in [0.3, 0.4) is 0 Å². The van der Waals surface area contributed by atoms with Crippen LogP contribution in [0, 0.1) is 0 Å². The molecule has 3 nitrogen and oxygen atoms in total. The van der Waals surface area contributed by atoms with E-state index in [0.717, 1.165) is 24.2 Å². The summed E-state index contributed by atoms with van der Waals surface area (Å²) in [7, 11) is 1.95. The molecule has 0 aromatic heterocycles. The molecule has 0 fully saturated rings. The van der Waals surface area contributed by atoms with Crippen molar-refractivity contribution < 1.29 is 0 Å². The molecule has 0 atom stereocenters. The third kappa shape index (κ3) is 4.91. The Labute approximate surface area is 102 Å². The van der Waals surface area contributed by atoms with Crippen molar-refractivity contribution >= 4 is 29.1 Å². The molecule has 1 rings (SSSR count). The van der Waals surface area contributed by atoms with Crippen LogP contribution in [-0.2, 0) is 0 Å². The number of benzene rings is 1. The zero-order valence-electron chi connectivity index (χ0n) is 9.36. The molecule has 0 aliphatic carbocycles. The first-order valence-corrected chi connectivity index (χ1v) is 5.61. The van der Waals surface area contributed by atoms with Gasteiger partial charge in [0.05, 0.1) is 0 Å². The van der Waals surface area contributed by atoms with Gasteiger partial charge in [-0.3, -0.25) is 0 Å². The molecule has 16 heavy (non-hydrogen) atoms. The number of thiocarbonyl (C=S) groups is 1. The van der Waals surface area contributed by atoms with E-state index in [1.165, 1.54) is 0 Å². The van der Waals surface area contributed by atoms with Crippen LogP contribution in [0.15, 0.2) is 30.3 Å². The molecule has 0 saturated carbocycles. The van der Waals surface area contributed by atoms with Crippen LogP contribution in [-0.4, -0.2) is 18.7 Å². The summed E-state index contributed by atoms with van der Waals surface area (Å²) in [4.78, 5) is 0. The zero-order chi connectivity index (χ0) is 11.8. The summed E-state index contributed by atoms with van der Waals surface area (Å²) in [6.45, 7) is 0.987. The normalized spacial score (nSPS) is 10.6. The molecule has 0 amide bonds. The lowest BCUT2D eigenvalue weighted by Gasteiger charge is -2.04. The van der Waals surface area contributed by atoms with Crippen molar-refractivity contribution in [1.29, 1.82) is 0 Å². The summed E-state index contributed by atoms with van der Waals surface area (Å²) in [5.74, 6) is 0. The van der Waals surface area contributed by atoms with Crippen molar-refractivity contribution in [1.82, 2.24) is 5.32 Å². The molecule has 4 N–H and O–H groups in total. The smallest absolute Gasteiger partial charge is 0.168 e. The molecule has 1 aromatic carbocycles. The summed E-state index contributed by atoms with van der Waals surface area (Å²) in [6.07, 6.45) is 5.24. The van der Waals surface area contributed by atoms with E-state index in [1.807, 2.05) is 31.3 Å². The Morgan fingerprint density at radius 3 is 3.00 bits per heavy atom. The highest BCUT2D eigenvalue weighted by molar-refractivity contribution is 7.80. The van der Waals surface area contributed by atoms with Gasteiger partial charge in [-0.15, -0.1) is 0 Å². The van der Waals surface area contributed by atoms with E-state index in [2.05, 4.69) is 22.8 Å². The van der Waals surface area contributed by atoms with Gasteiger partial charge in [-0.05, 0) is 49.9 Å². The van der Waals surface area contributed by atoms with E-state index < -0.39 is 0 Å². The Hall–Kier alpha value is -1.39. The van der Waals surface area contributed by atoms with E-state index in [1.54, 1.807) is 0 Å². The van der Waals surface area contributed by atoms with Crippen LogP contribution in [0.5, 0.6) is 0 Å². The first kappa shape index (κ1) is 12.7. The minimum atomic E-state index is 0.288. The molecule has 0 heterocycles. The van der Waals surface area contributed by atoms with E-state index >= 15 is 0 Å². The Morgan fingerprint density at radius 2 is 2.31 bits per heavy atom. The number of nitrogens with one attached hydrogen (secondary N) is 2. The summed E-state index contributed by atoms with van der Waals surface area (Å²) in [5, 5.41) is 6.29. The van der Waals surface area contributed by atoms with Crippen molar-refractivity contribution in [2.45, 2.75) is 6.42 Å². The zero-order valence-corrected chi connectivity index (χ0v) is 10.2. The highest BCUT2D eigenvalue weighted by Gasteiger charge is 1.93. The number of hydrogen-bond donors (Lipinski definition) is 3. The molecule has 1 aromatic rings. The fourth-order valence-electron chi connectivity index (χ4n) is 1.31. The van der Waals surface area contributed by atoms with Gasteiger partial charge in [0.25, 0.3) is 0 Å². The standard InChI is InChI=1S/C12H17N3S/c1-14-8-3-2-5-10-6-4-7-11(9-10)15-12(13)16/h2,4-7,9,14H,3,8H2,1H3,(H3,13,15,16). The van der Waals surface area contributed by atoms with Gasteiger partial charge in [0.15, 0.2) is 5.11 Å². The Bertz CT molecular complexity index is 374. The number of rotatable bonds is 5. The van der Waals surface area contributed by atoms with Gasteiger partial charge in [-0.2, -0.15) is 0 Å². The first-order valence-electron chi connectivity index (χ1n) is 5.20. The fourth-order valence-corrected chi connectivity index (χ4v) is 1.43. The maximum absolute atomic E-state index is 5.41. The Kier molecular flexibility index (Phi) is 5.53. The molecule has 0 unspecified atom stereocenters. The number of nitrogens with two attached hydrogens (primary N) is 1. The lowest BCUT2D eigenvalue weighted by atomic mass is 10.2. The van der Waals surface area contributed by atoms with Gasteiger partial charge in [0.2, 0.25) is 0 Å². The van der Waals surface area contributed by atoms with E-state index in [-0.39, 0.29) is 5.11 Å². The SMILES string of the molecule is CNCCC=Cc1cccc(NC(N)=S)c1. The Morgan fingerprint density at radius 1 is 1.50 bits per heavy atom. The molecule has 0 bridgehead atoms. The molecule has 0 aliphatic rings. The summed E-state index contributed by atoms with van der Waals surface area (Å²) in [6, 6.07) is 7.96. The molecule has 0 spiro atoms. The molecule has 0 aliphatic heterocycles. The van der Waals surface area contributed by atoms with Gasteiger partial charge in [0.1, 0.15) is 0 Å². The second-order valence-electron chi connectivity index (χ2n) is 3.41. The summed E-state index contributed by atoms with van der Waals surface area (Å²) >= 11 is 4.78. The third-order valence-electron chi connectivity index (χ3n) is 2.03. The molecular weight excluding hydrogens is 218 g/mol. The van der Waals surface area contributed by atoms with Crippen molar-refractivity contribution in [3.05, 3.63) is 35.9 Å². The molecular formula is C12H17N3S. The number of anilines is 1. The van der Waals surface area contributed by atoms with E-state index in [4.69, 9.17) is 18.0 Å². The minimum Gasteiger partial charge on any atom is -0.376 e. The van der Waals surface area contributed by atoms with Crippen LogP contribution in [0.2, 0.25) is 0 Å². The third-order valence-corrected chi connectivity index (χ3v) is 2.13. The maximum atomic E-state index is 5.41. The average molecular weight is 235 g/mol. The predicted molar refractivity (Wildman–Crippen MR) is 74.4 cm³/mol. The van der Waals surface area contributed by atoms with Crippen LogP contribution in [0.25, 0.3) is 6.08 Å². The average Bonchev–Trinajstić information content (AvgIpc) is 2.24. The van der Waals surface area contributed by atoms with Crippen LogP contribution >= 0.6 is 12.2 Å². The van der Waals surface area contributed by atoms with Crippen molar-refractivity contribution in [2.75, 3.05) is 18.9 Å². The quantitative estimate of drug-likeness (QED) is 0.539. The van der Waals surface area contributed by atoms with Crippen LogP contribution in [0.1, 0.15) is 12.0 Å². The van der Waals surface area contributed by atoms with Gasteiger partial charge in [0, 0.05) is 5.69 Å². The van der Waals surface area contributed by atoms with Gasteiger partial charge < -0.3 is 16.4 Å². The van der Waals surface area contributed by atoms with Gasteiger partial charge >= 0.3 is 0 Å². The fraction of sp³-hybridized carbons (Fsp3) is 0.250. The topological polar surface area (TPSA) is 50.1 Å². The van der Waals surface area contributed by atoms with E-state index in [9.17, 15) is 0 Å². The summed E-state index contributed by atoms with van der Waals surface area (Å²) < 4.78 is 0. The Balaban J connectivity index is 2.59. The summed E-state index contributed by atoms with van der Waals surface area (Å²) in [5.41, 5.74) is 7.46. The van der Waals surface area contributed by atoms with Gasteiger partial charge in [-0.1, -0.05) is 24.3 Å². The molecule has 4 heteroatoms. The lowest BCUT2D eigenvalue weighted by Crippen LogP contribution is -2.18. The highest BCUT2D eigenvalue weighted by atomic mass is 32.1. The molecule has 86 valence electrons. The second-order valence-corrected chi connectivity index (χ2v) is 3.85. The van der Waals surface area contributed by atoms with Gasteiger partial charge in [-0.25, -0.2) is 0 Å². The highest BCUT2D eigenvalue weighted by Crippen LogP contribution is 2.11. The predicted octanol–water partition coefficient (Wildman–Crippen LogP) is 1.96. The molecule has 0 radical (unpaired) electrons. The largest absolute Gasteiger partial charge is 0.376 e. The maximum Gasteiger partial charge on any atom is 0.168 e. The second kappa shape index (κ2) is 6.98.